The van der Waals surface area contributed by atoms with E-state index in [2.05, 4.69) is 11.1 Å². The van der Waals surface area contributed by atoms with Crippen molar-refractivity contribution in [3.05, 3.63) is 70.4 Å². The van der Waals surface area contributed by atoms with Crippen molar-refractivity contribution >= 4 is 28.4 Å². The second kappa shape index (κ2) is 6.96. The summed E-state index contributed by atoms with van der Waals surface area (Å²) >= 11 is 5.93. The van der Waals surface area contributed by atoms with Crippen LogP contribution in [-0.4, -0.2) is 28.9 Å². The van der Waals surface area contributed by atoms with Crippen LogP contribution in [0.4, 0.5) is 0 Å². The van der Waals surface area contributed by atoms with Crippen LogP contribution in [0.1, 0.15) is 28.4 Å². The van der Waals surface area contributed by atoms with Crippen LogP contribution in [0.5, 0.6) is 5.75 Å². The van der Waals surface area contributed by atoms with Crippen molar-refractivity contribution in [2.75, 3.05) is 13.2 Å². The van der Waals surface area contributed by atoms with Crippen LogP contribution < -0.4 is 4.74 Å². The van der Waals surface area contributed by atoms with Gasteiger partial charge in [-0.25, -0.2) is 4.98 Å². The molecule has 0 spiro atoms. The number of fused-ring (bicyclic) bond motifs is 2. The predicted molar refractivity (Wildman–Crippen MR) is 103 cm³/mol. The molecule has 132 valence electrons. The molecule has 1 aliphatic heterocycles. The zero-order chi connectivity index (χ0) is 18.1. The van der Waals surface area contributed by atoms with Gasteiger partial charge in [-0.2, -0.15) is 0 Å². The molecule has 0 radical (unpaired) electrons. The molecule has 2 aromatic carbocycles. The number of halogens is 1. The first-order valence-corrected chi connectivity index (χ1v) is 9.12. The Labute approximate surface area is 157 Å². The van der Waals surface area contributed by atoms with Crippen molar-refractivity contribution < 1.29 is 9.53 Å². The van der Waals surface area contributed by atoms with E-state index in [4.69, 9.17) is 16.3 Å². The van der Waals surface area contributed by atoms with Gasteiger partial charge in [-0.3, -0.25) is 4.79 Å². The predicted octanol–water partition coefficient (Wildman–Crippen LogP) is 4.49. The summed E-state index contributed by atoms with van der Waals surface area (Å²) in [6.07, 6.45) is 0.859. The molecular formula is C21H19ClN2O2. The third-order valence-corrected chi connectivity index (χ3v) is 4.90. The van der Waals surface area contributed by atoms with Crippen molar-refractivity contribution in [1.82, 2.24) is 9.88 Å². The van der Waals surface area contributed by atoms with E-state index in [0.717, 1.165) is 35.2 Å². The summed E-state index contributed by atoms with van der Waals surface area (Å²) in [7, 11) is 0. The highest BCUT2D eigenvalue weighted by atomic mass is 35.5. The molecule has 4 nitrogen and oxygen atoms in total. The SMILES string of the molecule is CCOc1ccc2c(c1)CN(C(=O)c1ccc3nc(Cl)ccc3c1)CC2. The number of rotatable bonds is 3. The van der Waals surface area contributed by atoms with Gasteiger partial charge >= 0.3 is 0 Å². The molecule has 0 atom stereocenters. The lowest BCUT2D eigenvalue weighted by Crippen LogP contribution is -2.35. The Morgan fingerprint density at radius 3 is 2.88 bits per heavy atom. The van der Waals surface area contributed by atoms with Gasteiger partial charge in [0, 0.05) is 24.0 Å². The Morgan fingerprint density at radius 1 is 1.15 bits per heavy atom. The minimum atomic E-state index is 0.0364. The molecule has 0 saturated carbocycles. The molecule has 26 heavy (non-hydrogen) atoms. The largest absolute Gasteiger partial charge is 0.494 e. The van der Waals surface area contributed by atoms with Crippen LogP contribution in [0.3, 0.4) is 0 Å². The number of aromatic nitrogens is 1. The molecule has 0 bridgehead atoms. The molecule has 0 saturated heterocycles. The van der Waals surface area contributed by atoms with E-state index in [9.17, 15) is 4.79 Å². The minimum absolute atomic E-state index is 0.0364. The number of hydrogen-bond acceptors (Lipinski definition) is 3. The highest BCUT2D eigenvalue weighted by molar-refractivity contribution is 6.29. The third-order valence-electron chi connectivity index (χ3n) is 4.69. The van der Waals surface area contributed by atoms with Gasteiger partial charge in [0.15, 0.2) is 0 Å². The second-order valence-electron chi connectivity index (χ2n) is 6.38. The van der Waals surface area contributed by atoms with Gasteiger partial charge in [0.1, 0.15) is 10.9 Å². The molecule has 2 heterocycles. The normalized spacial score (nSPS) is 13.5. The van der Waals surface area contributed by atoms with Crippen molar-refractivity contribution in [2.45, 2.75) is 19.9 Å². The number of carbonyl (C=O) groups excluding carboxylic acids is 1. The van der Waals surface area contributed by atoms with Gasteiger partial charge in [-0.05, 0) is 66.9 Å². The zero-order valence-corrected chi connectivity index (χ0v) is 15.3. The number of hydrogen-bond donors (Lipinski definition) is 0. The lowest BCUT2D eigenvalue weighted by atomic mass is 9.98. The van der Waals surface area contributed by atoms with E-state index in [1.54, 1.807) is 6.07 Å². The first kappa shape index (κ1) is 16.9. The molecule has 1 aliphatic rings. The number of ether oxygens (including phenoxy) is 1. The molecule has 0 fully saturated rings. The Morgan fingerprint density at radius 2 is 2.04 bits per heavy atom. The van der Waals surface area contributed by atoms with Crippen LogP contribution in [0.25, 0.3) is 10.9 Å². The lowest BCUT2D eigenvalue weighted by Gasteiger charge is -2.29. The fourth-order valence-corrected chi connectivity index (χ4v) is 3.53. The van der Waals surface area contributed by atoms with Crippen molar-refractivity contribution in [3.63, 3.8) is 0 Å². The van der Waals surface area contributed by atoms with E-state index >= 15 is 0 Å². The van der Waals surface area contributed by atoms with Gasteiger partial charge in [0.2, 0.25) is 0 Å². The molecule has 0 aliphatic carbocycles. The summed E-state index contributed by atoms with van der Waals surface area (Å²) in [4.78, 5) is 19.1. The number of amides is 1. The number of pyridine rings is 1. The molecule has 3 aromatic rings. The summed E-state index contributed by atoms with van der Waals surface area (Å²) in [6, 6.07) is 15.3. The lowest BCUT2D eigenvalue weighted by molar-refractivity contribution is 0.0734. The van der Waals surface area contributed by atoms with E-state index in [1.807, 2.05) is 48.2 Å². The van der Waals surface area contributed by atoms with Crippen LogP contribution >= 0.6 is 11.6 Å². The molecule has 1 aromatic heterocycles. The maximum atomic E-state index is 13.0. The summed E-state index contributed by atoms with van der Waals surface area (Å²) in [5.41, 5.74) is 3.91. The Bertz CT molecular complexity index is 987. The standard InChI is InChI=1S/C21H19ClN2O2/c1-2-26-18-6-3-14-9-10-24(13-17(14)12-18)21(25)16-4-7-19-15(11-16)5-8-20(22)23-19/h3-8,11-12H,2,9-10,13H2,1H3. The first-order chi connectivity index (χ1) is 12.6. The molecular weight excluding hydrogens is 348 g/mol. The quantitative estimate of drug-likeness (QED) is 0.641. The highest BCUT2D eigenvalue weighted by Crippen LogP contribution is 2.26. The van der Waals surface area contributed by atoms with Gasteiger partial charge < -0.3 is 9.64 Å². The fourth-order valence-electron chi connectivity index (χ4n) is 3.38. The van der Waals surface area contributed by atoms with Gasteiger partial charge in [-0.15, -0.1) is 0 Å². The average Bonchev–Trinajstić information content (AvgIpc) is 2.66. The summed E-state index contributed by atoms with van der Waals surface area (Å²) in [5.74, 6) is 0.892. The van der Waals surface area contributed by atoms with E-state index in [1.165, 1.54) is 5.56 Å². The molecule has 0 N–H and O–H groups in total. The summed E-state index contributed by atoms with van der Waals surface area (Å²) < 4.78 is 5.59. The molecule has 5 heteroatoms. The molecule has 1 amide bonds. The van der Waals surface area contributed by atoms with E-state index in [0.29, 0.717) is 23.9 Å². The van der Waals surface area contributed by atoms with Crippen LogP contribution in [0.2, 0.25) is 5.15 Å². The highest BCUT2D eigenvalue weighted by Gasteiger charge is 2.22. The Kier molecular flexibility index (Phi) is 4.51. The van der Waals surface area contributed by atoms with Crippen molar-refractivity contribution in [2.24, 2.45) is 0 Å². The van der Waals surface area contributed by atoms with Crippen LogP contribution in [-0.2, 0) is 13.0 Å². The first-order valence-electron chi connectivity index (χ1n) is 8.74. The van der Waals surface area contributed by atoms with E-state index in [-0.39, 0.29) is 5.91 Å². The third kappa shape index (κ3) is 3.25. The van der Waals surface area contributed by atoms with Gasteiger partial charge in [0.25, 0.3) is 5.91 Å². The van der Waals surface area contributed by atoms with E-state index < -0.39 is 0 Å². The van der Waals surface area contributed by atoms with Gasteiger partial charge in [0.05, 0.1) is 12.1 Å². The van der Waals surface area contributed by atoms with Crippen molar-refractivity contribution in [3.8, 4) is 5.75 Å². The fraction of sp³-hybridized carbons (Fsp3) is 0.238. The maximum absolute atomic E-state index is 13.0. The van der Waals surface area contributed by atoms with Crippen molar-refractivity contribution in [1.29, 1.82) is 0 Å². The minimum Gasteiger partial charge on any atom is -0.494 e. The Balaban J connectivity index is 1.59. The second-order valence-corrected chi connectivity index (χ2v) is 6.77. The number of nitrogens with zero attached hydrogens (tertiary/aromatic N) is 2. The number of benzene rings is 2. The summed E-state index contributed by atoms with van der Waals surface area (Å²) in [5, 5.41) is 1.37. The van der Waals surface area contributed by atoms with Gasteiger partial charge in [-0.1, -0.05) is 17.7 Å². The number of carbonyl (C=O) groups is 1. The van der Waals surface area contributed by atoms with Crippen LogP contribution in [0, 0.1) is 0 Å². The monoisotopic (exact) mass is 366 g/mol. The average molecular weight is 367 g/mol. The maximum Gasteiger partial charge on any atom is 0.254 e. The Hall–Kier alpha value is -2.59. The smallest absolute Gasteiger partial charge is 0.254 e. The molecule has 0 unspecified atom stereocenters. The zero-order valence-electron chi connectivity index (χ0n) is 14.5. The molecule has 4 rings (SSSR count). The topological polar surface area (TPSA) is 42.4 Å². The van der Waals surface area contributed by atoms with Crippen LogP contribution in [0.15, 0.2) is 48.5 Å². The summed E-state index contributed by atoms with van der Waals surface area (Å²) in [6.45, 7) is 3.93.